The first-order chi connectivity index (χ1) is 5.43. The minimum Gasteiger partial charge on any atom is -0.281 e. The summed E-state index contributed by atoms with van der Waals surface area (Å²) < 4.78 is 1.36. The Morgan fingerprint density at radius 2 is 1.45 bits per heavy atom. The van der Waals surface area contributed by atoms with E-state index in [4.69, 9.17) is 0 Å². The van der Waals surface area contributed by atoms with Gasteiger partial charge in [0.1, 0.15) is 0 Å². The molecule has 0 aromatic heterocycles. The van der Waals surface area contributed by atoms with Crippen LogP contribution in [0.15, 0.2) is 0 Å². The van der Waals surface area contributed by atoms with E-state index in [1.165, 1.54) is 43.5 Å². The van der Waals surface area contributed by atoms with Gasteiger partial charge in [-0.15, -0.1) is 0 Å². The van der Waals surface area contributed by atoms with Crippen LogP contribution in [0.5, 0.6) is 0 Å². The zero-order chi connectivity index (χ0) is 7.31. The van der Waals surface area contributed by atoms with Crippen LogP contribution in [0.3, 0.4) is 0 Å². The quantitative estimate of drug-likeness (QED) is 0.361. The summed E-state index contributed by atoms with van der Waals surface area (Å²) in [6, 6.07) is 0. The van der Waals surface area contributed by atoms with Crippen LogP contribution >= 0.6 is 0 Å². The van der Waals surface area contributed by atoms with Crippen LogP contribution in [0.1, 0.15) is 12.8 Å². The Labute approximate surface area is 67.3 Å². The molecule has 3 aliphatic rings. The summed E-state index contributed by atoms with van der Waals surface area (Å²) in [5, 5.41) is 7.20. The molecule has 2 unspecified atom stereocenters. The summed E-state index contributed by atoms with van der Waals surface area (Å²) >= 11 is 0. The van der Waals surface area contributed by atoms with Gasteiger partial charge in [0.25, 0.3) is 0 Å². The van der Waals surface area contributed by atoms with Gasteiger partial charge in [0.2, 0.25) is 12.3 Å². The highest BCUT2D eigenvalue weighted by atomic mass is 15.7. The summed E-state index contributed by atoms with van der Waals surface area (Å²) in [6.07, 6.45) is 4.31. The summed E-state index contributed by atoms with van der Waals surface area (Å²) in [7, 11) is 0. The van der Waals surface area contributed by atoms with Gasteiger partial charge < -0.3 is 0 Å². The van der Waals surface area contributed by atoms with E-state index in [1.54, 1.807) is 0 Å². The Morgan fingerprint density at radius 1 is 0.909 bits per heavy atom. The zero-order valence-corrected chi connectivity index (χ0v) is 6.84. The second kappa shape index (κ2) is 1.97. The molecule has 3 nitrogen and oxygen atoms in total. The minimum atomic E-state index is 0.784. The first-order valence-electron chi connectivity index (χ1n) is 4.77. The lowest BCUT2D eigenvalue weighted by Crippen LogP contribution is -2.46. The molecule has 3 saturated heterocycles. The van der Waals surface area contributed by atoms with Crippen molar-refractivity contribution in [2.24, 2.45) is 0 Å². The number of hydrogen-bond acceptors (Lipinski definition) is 2. The molecule has 62 valence electrons. The summed E-state index contributed by atoms with van der Waals surface area (Å²) in [4.78, 5) is 0. The molecule has 0 aromatic rings. The predicted molar refractivity (Wildman–Crippen MR) is 42.8 cm³/mol. The first kappa shape index (κ1) is 6.40. The van der Waals surface area contributed by atoms with Gasteiger partial charge in [-0.2, -0.15) is 0 Å². The van der Waals surface area contributed by atoms with Crippen molar-refractivity contribution in [2.45, 2.75) is 25.2 Å². The van der Waals surface area contributed by atoms with E-state index in [2.05, 4.69) is 10.6 Å². The Balaban J connectivity index is 1.83. The molecule has 3 heteroatoms. The van der Waals surface area contributed by atoms with Gasteiger partial charge in [-0.1, -0.05) is 0 Å². The van der Waals surface area contributed by atoms with Crippen LogP contribution in [-0.2, 0) is 0 Å². The second-order valence-corrected chi connectivity index (χ2v) is 4.06. The zero-order valence-electron chi connectivity index (χ0n) is 6.84. The average molecular weight is 154 g/mol. The summed E-state index contributed by atoms with van der Waals surface area (Å²) in [5.74, 6) is 0. The van der Waals surface area contributed by atoms with Crippen LogP contribution in [0.2, 0.25) is 0 Å². The minimum absolute atomic E-state index is 0.784. The molecule has 3 heterocycles. The fourth-order valence-electron chi connectivity index (χ4n) is 2.93. The Morgan fingerprint density at radius 3 is 2.00 bits per heavy atom. The molecule has 0 radical (unpaired) electrons. The van der Waals surface area contributed by atoms with E-state index in [-0.39, 0.29) is 0 Å². The summed E-state index contributed by atoms with van der Waals surface area (Å²) in [5.41, 5.74) is 0. The van der Waals surface area contributed by atoms with Crippen molar-refractivity contribution in [3.05, 3.63) is 0 Å². The van der Waals surface area contributed by atoms with Gasteiger partial charge in [0, 0.05) is 25.9 Å². The molecule has 3 fully saturated rings. The highest BCUT2D eigenvalue weighted by Crippen LogP contribution is 2.40. The Kier molecular flexibility index (Phi) is 1.15. The molecular formula is C8H16N3+. The van der Waals surface area contributed by atoms with Gasteiger partial charge >= 0.3 is 0 Å². The molecule has 2 N–H and O–H groups in total. The Hall–Kier alpha value is -0.120. The van der Waals surface area contributed by atoms with Crippen molar-refractivity contribution in [1.82, 2.24) is 10.6 Å². The van der Waals surface area contributed by atoms with Crippen LogP contribution in [0.25, 0.3) is 0 Å². The smallest absolute Gasteiger partial charge is 0.212 e. The van der Waals surface area contributed by atoms with Crippen LogP contribution < -0.4 is 10.6 Å². The van der Waals surface area contributed by atoms with Crippen molar-refractivity contribution in [3.63, 3.8) is 0 Å². The average Bonchev–Trinajstić information content (AvgIpc) is 2.73. The van der Waals surface area contributed by atoms with E-state index in [9.17, 15) is 0 Å². The highest BCUT2D eigenvalue weighted by molar-refractivity contribution is 4.90. The molecule has 3 rings (SSSR count). The fourth-order valence-corrected chi connectivity index (χ4v) is 2.93. The third-order valence-corrected chi connectivity index (χ3v) is 3.53. The van der Waals surface area contributed by atoms with Crippen LogP contribution in [-0.4, -0.2) is 43.0 Å². The molecule has 0 saturated carbocycles. The van der Waals surface area contributed by atoms with E-state index < -0.39 is 0 Å². The van der Waals surface area contributed by atoms with E-state index in [0.29, 0.717) is 0 Å². The lowest BCUT2D eigenvalue weighted by atomic mass is 10.3. The highest BCUT2D eigenvalue weighted by Gasteiger charge is 2.67. The van der Waals surface area contributed by atoms with Crippen molar-refractivity contribution < 1.29 is 4.48 Å². The number of fused-ring (bicyclic) bond motifs is 1. The molecule has 0 aromatic carbocycles. The molecule has 2 atom stereocenters. The van der Waals surface area contributed by atoms with Gasteiger partial charge in [0.15, 0.2) is 0 Å². The monoisotopic (exact) mass is 154 g/mol. The lowest BCUT2D eigenvalue weighted by molar-refractivity contribution is -0.838. The lowest BCUT2D eigenvalue weighted by Gasteiger charge is -2.27. The maximum absolute atomic E-state index is 3.60. The number of quaternary nitrogens is 1. The van der Waals surface area contributed by atoms with Gasteiger partial charge in [-0.3, -0.25) is 15.1 Å². The number of nitrogens with zero attached hydrogens (tertiary/aromatic N) is 1. The van der Waals surface area contributed by atoms with Gasteiger partial charge in [0.05, 0.1) is 13.1 Å². The normalized spacial score (nSPS) is 54.5. The van der Waals surface area contributed by atoms with Gasteiger partial charge in [-0.05, 0) is 0 Å². The van der Waals surface area contributed by atoms with Crippen molar-refractivity contribution >= 4 is 0 Å². The van der Waals surface area contributed by atoms with Crippen molar-refractivity contribution in [2.75, 3.05) is 26.2 Å². The predicted octanol–water partition coefficient (Wildman–Crippen LogP) is -0.544. The van der Waals surface area contributed by atoms with Gasteiger partial charge in [-0.25, -0.2) is 0 Å². The molecule has 3 aliphatic heterocycles. The van der Waals surface area contributed by atoms with E-state index >= 15 is 0 Å². The Bertz CT molecular complexity index is 160. The molecule has 11 heavy (non-hydrogen) atoms. The third kappa shape index (κ3) is 0.687. The standard InChI is InChI=1S/C8H16N3/c1-3-9-7-8-10-4-2-6-11(7,8)5-1/h7-10H,1-6H2/q+1. The van der Waals surface area contributed by atoms with Crippen LogP contribution in [0.4, 0.5) is 0 Å². The maximum atomic E-state index is 3.60. The van der Waals surface area contributed by atoms with Crippen LogP contribution in [0, 0.1) is 0 Å². The van der Waals surface area contributed by atoms with E-state index in [0.717, 1.165) is 12.3 Å². The maximum Gasteiger partial charge on any atom is 0.212 e. The first-order valence-corrected chi connectivity index (χ1v) is 4.77. The molecule has 0 aliphatic carbocycles. The third-order valence-electron chi connectivity index (χ3n) is 3.53. The summed E-state index contributed by atoms with van der Waals surface area (Å²) in [6.45, 7) is 5.30. The number of nitrogens with one attached hydrogen (secondary N) is 2. The number of rotatable bonds is 0. The van der Waals surface area contributed by atoms with Crippen molar-refractivity contribution in [3.8, 4) is 0 Å². The molecular weight excluding hydrogens is 138 g/mol. The molecule has 0 amide bonds. The fraction of sp³-hybridized carbons (Fsp3) is 1.00. The van der Waals surface area contributed by atoms with Crippen molar-refractivity contribution in [1.29, 1.82) is 0 Å². The second-order valence-electron chi connectivity index (χ2n) is 4.06. The molecule has 0 bridgehead atoms. The van der Waals surface area contributed by atoms with E-state index in [1.807, 2.05) is 0 Å². The number of hydrogen-bond donors (Lipinski definition) is 2. The topological polar surface area (TPSA) is 24.1 Å². The largest absolute Gasteiger partial charge is 0.281 e. The molecule has 1 spiro atoms. The SMILES string of the molecule is C1CNC2C3NCCC[N+]23C1.